The maximum Gasteiger partial charge on any atom is 0.0332 e. The van der Waals surface area contributed by atoms with Crippen LogP contribution in [-0.2, 0) is 0 Å². The van der Waals surface area contributed by atoms with Gasteiger partial charge >= 0.3 is 0 Å². The summed E-state index contributed by atoms with van der Waals surface area (Å²) >= 11 is 2.15. The lowest BCUT2D eigenvalue weighted by Crippen LogP contribution is -2.39. The predicted octanol–water partition coefficient (Wildman–Crippen LogP) is 3.94. The van der Waals surface area contributed by atoms with E-state index in [9.17, 15) is 0 Å². The van der Waals surface area contributed by atoms with E-state index in [1.165, 1.54) is 50.2 Å². The average Bonchev–Trinajstić information content (AvgIpc) is 2.56. The first-order valence-electron chi connectivity index (χ1n) is 8.45. The molecule has 2 nitrogen and oxygen atoms in total. The lowest BCUT2D eigenvalue weighted by atomic mass is 10.0. The van der Waals surface area contributed by atoms with Crippen LogP contribution in [0.15, 0.2) is 30.3 Å². The zero-order chi connectivity index (χ0) is 14.9. The van der Waals surface area contributed by atoms with E-state index < -0.39 is 0 Å². The molecule has 0 amide bonds. The average molecular weight is 307 g/mol. The third-order valence-electron chi connectivity index (χ3n) is 4.25. The van der Waals surface area contributed by atoms with Gasteiger partial charge in [-0.1, -0.05) is 44.2 Å². The second kappa shape index (κ2) is 9.50. The maximum atomic E-state index is 3.72. The van der Waals surface area contributed by atoms with Gasteiger partial charge in [-0.25, -0.2) is 0 Å². The van der Waals surface area contributed by atoms with E-state index in [2.05, 4.69) is 66.2 Å². The Bertz CT molecular complexity index is 382. The molecule has 0 aliphatic carbocycles. The van der Waals surface area contributed by atoms with E-state index in [0.29, 0.717) is 6.04 Å². The number of thioether (sulfide) groups is 1. The first kappa shape index (κ1) is 16.9. The summed E-state index contributed by atoms with van der Waals surface area (Å²) in [5.41, 5.74) is 1.43. The van der Waals surface area contributed by atoms with Crippen molar-refractivity contribution in [2.24, 2.45) is 0 Å². The molecule has 1 fully saturated rings. The van der Waals surface area contributed by atoms with Gasteiger partial charge in [-0.2, -0.15) is 11.8 Å². The van der Waals surface area contributed by atoms with Crippen molar-refractivity contribution in [3.63, 3.8) is 0 Å². The van der Waals surface area contributed by atoms with E-state index in [4.69, 9.17) is 0 Å². The Balaban J connectivity index is 1.86. The smallest absolute Gasteiger partial charge is 0.0332 e. The summed E-state index contributed by atoms with van der Waals surface area (Å²) in [4.78, 5) is 2.66. The highest BCUT2D eigenvalue weighted by atomic mass is 32.2. The molecule has 1 aromatic rings. The minimum absolute atomic E-state index is 0.501. The van der Waals surface area contributed by atoms with Crippen LogP contribution in [0.25, 0.3) is 0 Å². The zero-order valence-corrected chi connectivity index (χ0v) is 14.4. The number of hydrogen-bond acceptors (Lipinski definition) is 3. The molecule has 1 N–H and O–H groups in total. The number of nitrogens with one attached hydrogen (secondary N) is 1. The molecular weight excluding hydrogens is 276 g/mol. The monoisotopic (exact) mass is 306 g/mol. The summed E-state index contributed by atoms with van der Waals surface area (Å²) in [6.07, 6.45) is 3.71. The molecule has 1 saturated heterocycles. The van der Waals surface area contributed by atoms with Crippen molar-refractivity contribution >= 4 is 11.8 Å². The van der Waals surface area contributed by atoms with Crippen molar-refractivity contribution in [3.05, 3.63) is 35.9 Å². The van der Waals surface area contributed by atoms with Crippen molar-refractivity contribution in [1.29, 1.82) is 0 Å². The van der Waals surface area contributed by atoms with Gasteiger partial charge in [0.25, 0.3) is 0 Å². The van der Waals surface area contributed by atoms with Crippen LogP contribution in [0.4, 0.5) is 0 Å². The lowest BCUT2D eigenvalue weighted by molar-refractivity contribution is 0.263. The summed E-state index contributed by atoms with van der Waals surface area (Å²) in [5, 5.41) is 4.56. The van der Waals surface area contributed by atoms with E-state index in [1.54, 1.807) is 0 Å². The SMILES string of the molecule is CCCNC(CCN1CCSC(CC)C1)c1ccccc1. The zero-order valence-electron chi connectivity index (χ0n) is 13.6. The molecule has 3 heteroatoms. The molecule has 2 unspecified atom stereocenters. The first-order valence-corrected chi connectivity index (χ1v) is 9.50. The van der Waals surface area contributed by atoms with E-state index >= 15 is 0 Å². The van der Waals surface area contributed by atoms with Crippen molar-refractivity contribution in [2.75, 3.05) is 31.9 Å². The van der Waals surface area contributed by atoms with Gasteiger partial charge in [0.15, 0.2) is 0 Å². The normalized spacial score (nSPS) is 21.3. The van der Waals surface area contributed by atoms with Crippen molar-refractivity contribution in [2.45, 2.75) is 44.4 Å². The Morgan fingerprint density at radius 2 is 2.10 bits per heavy atom. The molecule has 0 saturated carbocycles. The highest BCUT2D eigenvalue weighted by Crippen LogP contribution is 2.23. The third-order valence-corrected chi connectivity index (χ3v) is 5.63. The van der Waals surface area contributed by atoms with Gasteiger partial charge in [-0.3, -0.25) is 0 Å². The van der Waals surface area contributed by atoms with Gasteiger partial charge in [0.2, 0.25) is 0 Å². The number of benzene rings is 1. The molecule has 1 aliphatic rings. The Morgan fingerprint density at radius 3 is 2.81 bits per heavy atom. The fourth-order valence-electron chi connectivity index (χ4n) is 2.93. The Morgan fingerprint density at radius 1 is 1.29 bits per heavy atom. The highest BCUT2D eigenvalue weighted by Gasteiger charge is 2.20. The van der Waals surface area contributed by atoms with Crippen LogP contribution in [0.3, 0.4) is 0 Å². The van der Waals surface area contributed by atoms with Gasteiger partial charge in [-0.15, -0.1) is 0 Å². The molecule has 1 aliphatic heterocycles. The minimum Gasteiger partial charge on any atom is -0.310 e. The quantitative estimate of drug-likeness (QED) is 0.783. The summed E-state index contributed by atoms with van der Waals surface area (Å²) in [7, 11) is 0. The van der Waals surface area contributed by atoms with E-state index in [1.807, 2.05) is 0 Å². The standard InChI is InChI=1S/C18H30N2S/c1-3-11-19-18(16-8-6-5-7-9-16)10-12-20-13-14-21-17(4-2)15-20/h5-9,17-19H,3-4,10-15H2,1-2H3. The Hall–Kier alpha value is -0.510. The Labute approximate surface area is 134 Å². The molecule has 0 spiro atoms. The van der Waals surface area contributed by atoms with Crippen LogP contribution in [-0.4, -0.2) is 42.1 Å². The van der Waals surface area contributed by atoms with Crippen LogP contribution < -0.4 is 5.32 Å². The van der Waals surface area contributed by atoms with Crippen molar-refractivity contribution < 1.29 is 0 Å². The molecule has 1 aromatic carbocycles. The molecule has 1 heterocycles. The molecule has 0 radical (unpaired) electrons. The first-order chi connectivity index (χ1) is 10.3. The molecule has 118 valence electrons. The van der Waals surface area contributed by atoms with Gasteiger partial charge in [0, 0.05) is 36.7 Å². The number of rotatable bonds is 8. The topological polar surface area (TPSA) is 15.3 Å². The largest absolute Gasteiger partial charge is 0.310 e. The van der Waals surface area contributed by atoms with Gasteiger partial charge < -0.3 is 10.2 Å². The summed E-state index contributed by atoms with van der Waals surface area (Å²) in [5.74, 6) is 1.30. The molecule has 2 rings (SSSR count). The van der Waals surface area contributed by atoms with Crippen LogP contribution in [0, 0.1) is 0 Å². The second-order valence-electron chi connectivity index (χ2n) is 5.91. The fourth-order valence-corrected chi connectivity index (χ4v) is 4.18. The van der Waals surface area contributed by atoms with Crippen molar-refractivity contribution in [1.82, 2.24) is 10.2 Å². The van der Waals surface area contributed by atoms with Crippen LogP contribution in [0.2, 0.25) is 0 Å². The Kier molecular flexibility index (Phi) is 7.62. The van der Waals surface area contributed by atoms with Gasteiger partial charge in [0.1, 0.15) is 0 Å². The van der Waals surface area contributed by atoms with Gasteiger partial charge in [0.05, 0.1) is 0 Å². The van der Waals surface area contributed by atoms with Crippen molar-refractivity contribution in [3.8, 4) is 0 Å². The summed E-state index contributed by atoms with van der Waals surface area (Å²) < 4.78 is 0. The molecular formula is C18H30N2S. The molecule has 0 aromatic heterocycles. The number of nitrogens with zero attached hydrogens (tertiary/aromatic N) is 1. The maximum absolute atomic E-state index is 3.72. The predicted molar refractivity (Wildman–Crippen MR) is 95.1 cm³/mol. The van der Waals surface area contributed by atoms with E-state index in [0.717, 1.165) is 11.8 Å². The molecule has 0 bridgehead atoms. The van der Waals surface area contributed by atoms with Crippen LogP contribution in [0.1, 0.15) is 44.7 Å². The second-order valence-corrected chi connectivity index (χ2v) is 7.32. The summed E-state index contributed by atoms with van der Waals surface area (Å²) in [6.45, 7) is 9.41. The van der Waals surface area contributed by atoms with Gasteiger partial charge in [-0.05, 0) is 31.4 Å². The molecule has 2 atom stereocenters. The van der Waals surface area contributed by atoms with E-state index in [-0.39, 0.29) is 0 Å². The van der Waals surface area contributed by atoms with Crippen LogP contribution >= 0.6 is 11.8 Å². The lowest BCUT2D eigenvalue weighted by Gasteiger charge is -2.33. The minimum atomic E-state index is 0.501. The summed E-state index contributed by atoms with van der Waals surface area (Å²) in [6, 6.07) is 11.4. The van der Waals surface area contributed by atoms with Crippen LogP contribution in [0.5, 0.6) is 0 Å². The third kappa shape index (κ3) is 5.65. The fraction of sp³-hybridized carbons (Fsp3) is 0.667. The highest BCUT2D eigenvalue weighted by molar-refractivity contribution is 8.00. The number of hydrogen-bond donors (Lipinski definition) is 1. The molecule has 21 heavy (non-hydrogen) atoms.